The van der Waals surface area contributed by atoms with Crippen LogP contribution < -0.4 is 10.0 Å². The molecule has 0 aliphatic carbocycles. The molecule has 0 aliphatic heterocycles. The third kappa shape index (κ3) is 6.01. The first-order valence-corrected chi connectivity index (χ1v) is 10.1. The minimum atomic E-state index is -4.68. The molecule has 0 atom stereocenters. The van der Waals surface area contributed by atoms with Gasteiger partial charge >= 0.3 is 6.18 Å². The average Bonchev–Trinajstić information content (AvgIpc) is 3.01. The van der Waals surface area contributed by atoms with E-state index in [1.54, 1.807) is 5.38 Å². The van der Waals surface area contributed by atoms with Crippen molar-refractivity contribution in [2.45, 2.75) is 37.3 Å². The number of thiazole rings is 1. The number of benzene rings is 1. The Labute approximate surface area is 158 Å². The Kier molecular flexibility index (Phi) is 5.97. The number of hydrogen-bond donors (Lipinski definition) is 2. The summed E-state index contributed by atoms with van der Waals surface area (Å²) >= 11 is 1.22. The third-order valence-electron chi connectivity index (χ3n) is 3.36. The highest BCUT2D eigenvalue weighted by Gasteiger charge is 2.30. The number of amides is 1. The molecule has 27 heavy (non-hydrogen) atoms. The van der Waals surface area contributed by atoms with Crippen molar-refractivity contribution < 1.29 is 26.4 Å². The van der Waals surface area contributed by atoms with Crippen molar-refractivity contribution in [3.8, 4) is 0 Å². The normalized spacial score (nSPS) is 12.8. The molecule has 1 aromatic carbocycles. The smallest absolute Gasteiger partial charge is 0.298 e. The minimum absolute atomic E-state index is 0.0163. The van der Waals surface area contributed by atoms with E-state index in [-0.39, 0.29) is 11.0 Å². The van der Waals surface area contributed by atoms with Crippen molar-refractivity contribution in [2.75, 3.05) is 11.9 Å². The van der Waals surface area contributed by atoms with Gasteiger partial charge in [0, 0.05) is 16.4 Å². The number of nitrogens with zero attached hydrogens (tertiary/aromatic N) is 1. The van der Waals surface area contributed by atoms with E-state index in [2.05, 4.69) is 10.3 Å². The second-order valence-electron chi connectivity index (χ2n) is 6.71. The quantitative estimate of drug-likeness (QED) is 0.773. The fraction of sp³-hybridized carbons (Fsp3) is 0.375. The Morgan fingerprint density at radius 2 is 1.89 bits per heavy atom. The van der Waals surface area contributed by atoms with Crippen molar-refractivity contribution in [3.05, 3.63) is 40.9 Å². The van der Waals surface area contributed by atoms with Crippen LogP contribution in [0.1, 0.15) is 36.8 Å². The van der Waals surface area contributed by atoms with Gasteiger partial charge in [0.1, 0.15) is 6.54 Å². The zero-order valence-electron chi connectivity index (χ0n) is 14.7. The van der Waals surface area contributed by atoms with Crippen LogP contribution in [0.2, 0.25) is 0 Å². The fourth-order valence-corrected chi connectivity index (χ4v) is 3.90. The van der Waals surface area contributed by atoms with Crippen LogP contribution in [0.3, 0.4) is 0 Å². The monoisotopic (exact) mass is 421 g/mol. The number of nitrogens with one attached hydrogen (secondary N) is 2. The maximum atomic E-state index is 12.3. The molecule has 2 aromatic rings. The predicted octanol–water partition coefficient (Wildman–Crippen LogP) is 3.53. The Bertz CT molecular complexity index is 932. The second kappa shape index (κ2) is 7.56. The summed E-state index contributed by atoms with van der Waals surface area (Å²) in [5.41, 5.74) is 0.574. The van der Waals surface area contributed by atoms with Crippen molar-refractivity contribution in [3.63, 3.8) is 0 Å². The van der Waals surface area contributed by atoms with E-state index in [4.69, 9.17) is 0 Å². The summed E-state index contributed by atoms with van der Waals surface area (Å²) in [5.74, 6) is -0.613. The molecule has 148 valence electrons. The summed E-state index contributed by atoms with van der Waals surface area (Å²) in [6.45, 7) is 4.21. The molecule has 0 bridgehead atoms. The van der Waals surface area contributed by atoms with Gasteiger partial charge in [0.05, 0.1) is 10.6 Å². The maximum Gasteiger partial charge on any atom is 0.402 e. The van der Waals surface area contributed by atoms with Crippen LogP contribution in [0.4, 0.5) is 18.3 Å². The average molecular weight is 421 g/mol. The summed E-state index contributed by atoms with van der Waals surface area (Å²) < 4.78 is 62.1. The number of carbonyl (C=O) groups is 1. The first kappa shape index (κ1) is 21.3. The van der Waals surface area contributed by atoms with E-state index in [9.17, 15) is 26.4 Å². The Hall–Kier alpha value is -1.98. The number of halogens is 3. The summed E-state index contributed by atoms with van der Waals surface area (Å²) in [5, 5.41) is 4.70. The highest BCUT2D eigenvalue weighted by atomic mass is 32.2. The van der Waals surface area contributed by atoms with Crippen LogP contribution in [-0.2, 0) is 15.4 Å². The summed E-state index contributed by atoms with van der Waals surface area (Å²) in [6.07, 6.45) is -4.68. The Balaban J connectivity index is 2.17. The molecule has 0 aliphatic rings. The van der Waals surface area contributed by atoms with Crippen molar-refractivity contribution in [2.24, 2.45) is 0 Å². The van der Waals surface area contributed by atoms with Crippen LogP contribution in [0.25, 0.3) is 0 Å². The molecule has 6 nitrogen and oxygen atoms in total. The summed E-state index contributed by atoms with van der Waals surface area (Å²) in [6, 6.07) is 4.75. The van der Waals surface area contributed by atoms with Gasteiger partial charge in [-0.1, -0.05) is 26.8 Å². The molecule has 0 radical (unpaired) electrons. The van der Waals surface area contributed by atoms with Crippen molar-refractivity contribution >= 4 is 32.4 Å². The standard InChI is InChI=1S/C16H18F3N3O3S2/c1-15(2,3)12-8-26-14(21-12)22-13(23)10-5-4-6-11(7-10)27(24,25)20-9-16(17,18)19/h4-8,20H,9H2,1-3H3,(H,21,22,23). The van der Waals surface area contributed by atoms with E-state index >= 15 is 0 Å². The van der Waals surface area contributed by atoms with E-state index in [0.29, 0.717) is 5.13 Å². The molecular weight excluding hydrogens is 403 g/mol. The number of carbonyl (C=O) groups excluding carboxylic acids is 1. The van der Waals surface area contributed by atoms with Gasteiger partial charge in [0.25, 0.3) is 5.91 Å². The van der Waals surface area contributed by atoms with E-state index in [1.165, 1.54) is 28.2 Å². The number of hydrogen-bond acceptors (Lipinski definition) is 5. The molecule has 1 amide bonds. The molecule has 0 fully saturated rings. The SMILES string of the molecule is CC(C)(C)c1csc(NC(=O)c2cccc(S(=O)(=O)NCC(F)(F)F)c2)n1. The number of rotatable bonds is 5. The van der Waals surface area contributed by atoms with Gasteiger partial charge in [-0.3, -0.25) is 10.1 Å². The fourth-order valence-electron chi connectivity index (χ4n) is 1.91. The lowest BCUT2D eigenvalue weighted by Crippen LogP contribution is -2.33. The van der Waals surface area contributed by atoms with Gasteiger partial charge in [-0.05, 0) is 18.2 Å². The van der Waals surface area contributed by atoms with Crippen LogP contribution >= 0.6 is 11.3 Å². The summed E-state index contributed by atoms with van der Waals surface area (Å²) in [7, 11) is -4.40. The zero-order valence-corrected chi connectivity index (χ0v) is 16.3. The molecule has 0 saturated carbocycles. The van der Waals surface area contributed by atoms with Crippen LogP contribution in [0, 0.1) is 0 Å². The third-order valence-corrected chi connectivity index (χ3v) is 5.52. The topological polar surface area (TPSA) is 88.2 Å². The molecule has 1 heterocycles. The second-order valence-corrected chi connectivity index (χ2v) is 9.33. The van der Waals surface area contributed by atoms with Gasteiger partial charge in [-0.2, -0.15) is 13.2 Å². The first-order chi connectivity index (χ1) is 12.3. The Morgan fingerprint density at radius 1 is 1.22 bits per heavy atom. The predicted molar refractivity (Wildman–Crippen MR) is 96.5 cm³/mol. The van der Waals surface area contributed by atoms with Gasteiger partial charge in [0.2, 0.25) is 10.0 Å². The van der Waals surface area contributed by atoms with Crippen LogP contribution in [-0.4, -0.2) is 32.0 Å². The van der Waals surface area contributed by atoms with E-state index in [0.717, 1.165) is 17.8 Å². The molecule has 11 heteroatoms. The largest absolute Gasteiger partial charge is 0.402 e. The molecule has 2 rings (SSSR count). The lowest BCUT2D eigenvalue weighted by molar-refractivity contribution is -0.121. The summed E-state index contributed by atoms with van der Waals surface area (Å²) in [4.78, 5) is 16.2. The van der Waals surface area contributed by atoms with Gasteiger partial charge < -0.3 is 0 Å². The maximum absolute atomic E-state index is 12.3. The lowest BCUT2D eigenvalue weighted by Gasteiger charge is -2.14. The van der Waals surface area contributed by atoms with E-state index < -0.39 is 33.5 Å². The van der Waals surface area contributed by atoms with Gasteiger partial charge in [-0.25, -0.2) is 18.1 Å². The highest BCUT2D eigenvalue weighted by Crippen LogP contribution is 2.26. The number of alkyl halides is 3. The molecule has 2 N–H and O–H groups in total. The lowest BCUT2D eigenvalue weighted by atomic mass is 9.93. The number of anilines is 1. The molecule has 0 spiro atoms. The molecule has 0 saturated heterocycles. The van der Waals surface area contributed by atoms with Crippen LogP contribution in [0.15, 0.2) is 34.5 Å². The molecule has 1 aromatic heterocycles. The van der Waals surface area contributed by atoms with Crippen molar-refractivity contribution in [1.29, 1.82) is 0 Å². The zero-order chi connectivity index (χ0) is 20.5. The van der Waals surface area contributed by atoms with Gasteiger partial charge in [-0.15, -0.1) is 11.3 Å². The van der Waals surface area contributed by atoms with Crippen LogP contribution in [0.5, 0.6) is 0 Å². The highest BCUT2D eigenvalue weighted by molar-refractivity contribution is 7.89. The molecule has 0 unspecified atom stereocenters. The number of aromatic nitrogens is 1. The Morgan fingerprint density at radius 3 is 2.44 bits per heavy atom. The first-order valence-electron chi connectivity index (χ1n) is 7.72. The van der Waals surface area contributed by atoms with Gasteiger partial charge in [0.15, 0.2) is 5.13 Å². The molecular formula is C16H18F3N3O3S2. The number of sulfonamides is 1. The van der Waals surface area contributed by atoms with Crippen molar-refractivity contribution in [1.82, 2.24) is 9.71 Å². The minimum Gasteiger partial charge on any atom is -0.298 e. The van der Waals surface area contributed by atoms with E-state index in [1.807, 2.05) is 20.8 Å².